The number of hydrogen-bond acceptors (Lipinski definition) is 5. The zero-order valence-electron chi connectivity index (χ0n) is 17.2. The fraction of sp³-hybridized carbons (Fsp3) is 0.476. The first-order valence-corrected chi connectivity index (χ1v) is 10.3. The highest BCUT2D eigenvalue weighted by atomic mass is 19.2. The third-order valence-electron chi connectivity index (χ3n) is 5.48. The molecule has 0 saturated heterocycles. The van der Waals surface area contributed by atoms with E-state index in [9.17, 15) is 13.2 Å². The fourth-order valence-corrected chi connectivity index (χ4v) is 3.91. The van der Waals surface area contributed by atoms with Gasteiger partial charge in [-0.05, 0) is 57.6 Å². The van der Waals surface area contributed by atoms with Gasteiger partial charge in [-0.25, -0.2) is 23.1 Å². The minimum Gasteiger partial charge on any atom is -0.352 e. The first kappa shape index (κ1) is 20.4. The number of benzene rings is 1. The van der Waals surface area contributed by atoms with E-state index in [0.29, 0.717) is 23.0 Å². The van der Waals surface area contributed by atoms with E-state index in [1.165, 1.54) is 0 Å². The lowest BCUT2D eigenvalue weighted by Gasteiger charge is -2.28. The Labute approximate surface area is 172 Å². The number of hydrogen-bond donors (Lipinski definition) is 2. The third-order valence-corrected chi connectivity index (χ3v) is 5.48. The van der Waals surface area contributed by atoms with Gasteiger partial charge in [-0.15, -0.1) is 0 Å². The van der Waals surface area contributed by atoms with Crippen molar-refractivity contribution in [3.63, 3.8) is 0 Å². The van der Waals surface area contributed by atoms with Crippen molar-refractivity contribution in [3.8, 4) is 0 Å². The Morgan fingerprint density at radius 1 is 1.03 bits per heavy atom. The molecule has 2 N–H and O–H groups in total. The van der Waals surface area contributed by atoms with Gasteiger partial charge in [-0.2, -0.15) is 4.98 Å². The van der Waals surface area contributed by atoms with Crippen LogP contribution in [0, 0.1) is 23.4 Å². The number of rotatable bonds is 5. The van der Waals surface area contributed by atoms with Gasteiger partial charge in [0.25, 0.3) is 0 Å². The van der Waals surface area contributed by atoms with E-state index in [4.69, 9.17) is 0 Å². The predicted octanol–water partition coefficient (Wildman–Crippen LogP) is 5.56. The molecule has 0 radical (unpaired) electrons. The van der Waals surface area contributed by atoms with Gasteiger partial charge in [0.05, 0.1) is 6.20 Å². The van der Waals surface area contributed by atoms with E-state index < -0.39 is 23.1 Å². The Morgan fingerprint density at radius 3 is 2.43 bits per heavy atom. The highest BCUT2D eigenvalue weighted by molar-refractivity contribution is 5.76. The van der Waals surface area contributed by atoms with Crippen molar-refractivity contribution in [3.05, 3.63) is 35.8 Å². The normalized spacial score (nSPS) is 19.4. The second-order valence-corrected chi connectivity index (χ2v) is 8.26. The van der Waals surface area contributed by atoms with Crippen LogP contribution in [0.3, 0.4) is 0 Å². The Balaban J connectivity index is 1.82. The van der Waals surface area contributed by atoms with Gasteiger partial charge in [0.15, 0.2) is 17.3 Å². The van der Waals surface area contributed by atoms with E-state index >= 15 is 0 Å². The molecular weight excluding hydrogens is 393 g/mol. The Bertz CT molecular complexity index is 1060. The molecule has 0 aliphatic heterocycles. The van der Waals surface area contributed by atoms with Crippen molar-refractivity contribution in [1.82, 2.24) is 19.5 Å². The monoisotopic (exact) mass is 418 g/mol. The summed E-state index contributed by atoms with van der Waals surface area (Å²) < 4.78 is 44.1. The highest BCUT2D eigenvalue weighted by Gasteiger charge is 2.26. The molecule has 160 valence electrons. The standard InChI is InChI=1S/C21H25F3N6/c1-11(2)26-20-25-10-16-19(29-20)30(13-6-4-12(3)5-7-13)21(27-16)28-18-15(23)9-8-14(22)17(18)24/h8-13H,4-7H2,1-3H3,(H,27,28)(H,25,26,29)/t12-,13+. The molecule has 6 nitrogen and oxygen atoms in total. The van der Waals surface area contributed by atoms with Gasteiger partial charge in [-0.1, -0.05) is 6.92 Å². The summed E-state index contributed by atoms with van der Waals surface area (Å²) in [6.45, 7) is 6.18. The minimum absolute atomic E-state index is 0.0650. The number of halogens is 3. The molecule has 0 spiro atoms. The molecule has 0 bridgehead atoms. The van der Waals surface area contributed by atoms with Gasteiger partial charge in [0.2, 0.25) is 11.9 Å². The van der Waals surface area contributed by atoms with Crippen LogP contribution in [0.25, 0.3) is 11.2 Å². The van der Waals surface area contributed by atoms with Crippen LogP contribution < -0.4 is 10.6 Å². The van der Waals surface area contributed by atoms with E-state index in [1.807, 2.05) is 18.4 Å². The first-order chi connectivity index (χ1) is 14.3. The lowest BCUT2D eigenvalue weighted by molar-refractivity contribution is 0.295. The second kappa shape index (κ2) is 8.12. The second-order valence-electron chi connectivity index (χ2n) is 8.26. The summed E-state index contributed by atoms with van der Waals surface area (Å²) in [4.78, 5) is 13.4. The van der Waals surface area contributed by atoms with E-state index in [-0.39, 0.29) is 18.0 Å². The lowest BCUT2D eigenvalue weighted by Crippen LogP contribution is -2.19. The molecule has 9 heteroatoms. The van der Waals surface area contributed by atoms with Crippen molar-refractivity contribution in [2.24, 2.45) is 5.92 Å². The summed E-state index contributed by atoms with van der Waals surface area (Å²) >= 11 is 0. The van der Waals surface area contributed by atoms with Gasteiger partial charge in [-0.3, -0.25) is 4.57 Å². The van der Waals surface area contributed by atoms with Gasteiger partial charge in [0, 0.05) is 12.1 Å². The molecule has 1 aliphatic carbocycles. The van der Waals surface area contributed by atoms with Crippen LogP contribution in [0.2, 0.25) is 0 Å². The zero-order chi connectivity index (χ0) is 21.4. The average Bonchev–Trinajstić information content (AvgIpc) is 3.06. The Kier molecular flexibility index (Phi) is 5.53. The molecule has 0 amide bonds. The lowest BCUT2D eigenvalue weighted by atomic mass is 9.87. The van der Waals surface area contributed by atoms with Crippen LogP contribution in [0.4, 0.5) is 30.8 Å². The SMILES string of the molecule is CC(C)Nc1ncc2nc(Nc3c(F)ccc(F)c3F)n([C@H]3CC[C@@H](C)CC3)c2n1. The molecule has 0 atom stereocenters. The maximum absolute atomic E-state index is 14.3. The zero-order valence-corrected chi connectivity index (χ0v) is 17.2. The van der Waals surface area contributed by atoms with Crippen molar-refractivity contribution >= 4 is 28.7 Å². The first-order valence-electron chi connectivity index (χ1n) is 10.3. The predicted molar refractivity (Wildman–Crippen MR) is 110 cm³/mol. The van der Waals surface area contributed by atoms with Crippen molar-refractivity contribution in [2.75, 3.05) is 10.6 Å². The molecule has 4 rings (SSSR count). The Hall–Kier alpha value is -2.84. The maximum atomic E-state index is 14.3. The molecule has 1 aliphatic rings. The number of imidazole rings is 1. The molecule has 2 aromatic heterocycles. The maximum Gasteiger partial charge on any atom is 0.224 e. The van der Waals surface area contributed by atoms with Crippen LogP contribution in [-0.4, -0.2) is 25.6 Å². The molecule has 30 heavy (non-hydrogen) atoms. The van der Waals surface area contributed by atoms with Crippen molar-refractivity contribution < 1.29 is 13.2 Å². The highest BCUT2D eigenvalue weighted by Crippen LogP contribution is 2.37. The van der Waals surface area contributed by atoms with E-state index in [2.05, 4.69) is 32.5 Å². The van der Waals surface area contributed by atoms with Crippen LogP contribution >= 0.6 is 0 Å². The summed E-state index contributed by atoms with van der Waals surface area (Å²) in [7, 11) is 0. The number of nitrogens with zero attached hydrogens (tertiary/aromatic N) is 4. The third kappa shape index (κ3) is 3.93. The van der Waals surface area contributed by atoms with E-state index in [1.54, 1.807) is 6.20 Å². The largest absolute Gasteiger partial charge is 0.352 e. The number of fused-ring (bicyclic) bond motifs is 1. The fourth-order valence-electron chi connectivity index (χ4n) is 3.91. The van der Waals surface area contributed by atoms with E-state index in [0.717, 1.165) is 37.8 Å². The Morgan fingerprint density at radius 2 is 1.73 bits per heavy atom. The van der Waals surface area contributed by atoms with Crippen molar-refractivity contribution in [1.29, 1.82) is 0 Å². The topological polar surface area (TPSA) is 67.7 Å². The molecular formula is C21H25F3N6. The summed E-state index contributed by atoms with van der Waals surface area (Å²) in [6, 6.07) is 1.86. The molecule has 1 aromatic carbocycles. The number of anilines is 3. The smallest absolute Gasteiger partial charge is 0.224 e. The molecule has 2 heterocycles. The molecule has 1 fully saturated rings. The average molecular weight is 418 g/mol. The van der Waals surface area contributed by atoms with Crippen molar-refractivity contribution in [2.45, 2.75) is 58.5 Å². The van der Waals surface area contributed by atoms with Crippen LogP contribution in [0.5, 0.6) is 0 Å². The van der Waals surface area contributed by atoms with Gasteiger partial charge < -0.3 is 10.6 Å². The van der Waals surface area contributed by atoms with Gasteiger partial charge >= 0.3 is 0 Å². The van der Waals surface area contributed by atoms with Crippen LogP contribution in [-0.2, 0) is 0 Å². The number of aromatic nitrogens is 4. The summed E-state index contributed by atoms with van der Waals surface area (Å²) in [5.41, 5.74) is 0.513. The quantitative estimate of drug-likeness (QED) is 0.531. The molecule has 1 saturated carbocycles. The van der Waals surface area contributed by atoms with Crippen LogP contribution in [0.15, 0.2) is 18.3 Å². The summed E-state index contributed by atoms with van der Waals surface area (Å²) in [5, 5.41) is 5.85. The number of nitrogens with one attached hydrogen (secondary N) is 2. The molecule has 3 aromatic rings. The summed E-state index contributed by atoms with van der Waals surface area (Å²) in [5.74, 6) is -1.99. The molecule has 0 unspecified atom stereocenters. The van der Waals surface area contributed by atoms with Gasteiger partial charge in [0.1, 0.15) is 17.0 Å². The minimum atomic E-state index is -1.28. The van der Waals surface area contributed by atoms with Crippen LogP contribution in [0.1, 0.15) is 52.5 Å². The summed E-state index contributed by atoms with van der Waals surface area (Å²) in [6.07, 6.45) is 5.44.